The fourth-order valence-corrected chi connectivity index (χ4v) is 3.31. The molecule has 1 heterocycles. The van der Waals surface area contributed by atoms with E-state index in [1.165, 1.54) is 6.42 Å². The molecule has 1 saturated heterocycles. The van der Waals surface area contributed by atoms with Crippen molar-refractivity contribution in [1.82, 2.24) is 10.2 Å². The number of benzene rings is 1. The molecule has 1 fully saturated rings. The second-order valence-electron chi connectivity index (χ2n) is 7.12. The second-order valence-corrected chi connectivity index (χ2v) is 7.12. The molecule has 0 spiro atoms. The van der Waals surface area contributed by atoms with Crippen LogP contribution in [0.15, 0.2) is 18.2 Å². The third-order valence-electron chi connectivity index (χ3n) is 4.29. The van der Waals surface area contributed by atoms with Crippen molar-refractivity contribution in [2.45, 2.75) is 26.8 Å². The number of hydrogen-bond donors (Lipinski definition) is 1. The Balaban J connectivity index is 2.00. The maximum atomic E-state index is 14.2. The Labute approximate surface area is 134 Å². The Morgan fingerprint density at radius 2 is 1.91 bits per heavy atom. The minimum absolute atomic E-state index is 0.0988. The number of likely N-dealkylation sites (N-methyl/N-ethyl adjacent to an activating group) is 1. The minimum atomic E-state index is -0.0988. The van der Waals surface area contributed by atoms with Crippen LogP contribution in [0.4, 0.5) is 10.1 Å². The van der Waals surface area contributed by atoms with Gasteiger partial charge in [-0.3, -0.25) is 0 Å². The van der Waals surface area contributed by atoms with Crippen LogP contribution in [0.2, 0.25) is 0 Å². The van der Waals surface area contributed by atoms with E-state index in [1.807, 2.05) is 12.1 Å². The molecule has 1 aliphatic heterocycles. The Hall–Kier alpha value is -1.13. The van der Waals surface area contributed by atoms with Gasteiger partial charge in [0, 0.05) is 32.7 Å². The molecule has 1 aromatic rings. The van der Waals surface area contributed by atoms with Gasteiger partial charge in [-0.2, -0.15) is 0 Å². The fourth-order valence-electron chi connectivity index (χ4n) is 3.31. The summed E-state index contributed by atoms with van der Waals surface area (Å²) in [6.45, 7) is 9.17. The number of halogens is 1. The van der Waals surface area contributed by atoms with E-state index in [0.717, 1.165) is 44.0 Å². The van der Waals surface area contributed by atoms with Crippen LogP contribution in [0.3, 0.4) is 0 Å². The van der Waals surface area contributed by atoms with Crippen molar-refractivity contribution in [3.63, 3.8) is 0 Å². The molecular formula is C18H30FN3. The van der Waals surface area contributed by atoms with Gasteiger partial charge in [-0.25, -0.2) is 4.39 Å². The second kappa shape index (κ2) is 7.93. The third kappa shape index (κ3) is 4.96. The van der Waals surface area contributed by atoms with Gasteiger partial charge in [-0.15, -0.1) is 0 Å². The summed E-state index contributed by atoms with van der Waals surface area (Å²) < 4.78 is 14.2. The summed E-state index contributed by atoms with van der Waals surface area (Å²) in [5.41, 5.74) is 1.92. The first-order chi connectivity index (χ1) is 10.5. The predicted octanol–water partition coefficient (Wildman–Crippen LogP) is 2.96. The molecule has 22 heavy (non-hydrogen) atoms. The number of nitrogens with one attached hydrogen (secondary N) is 1. The van der Waals surface area contributed by atoms with Crippen molar-refractivity contribution < 1.29 is 4.39 Å². The van der Waals surface area contributed by atoms with E-state index in [-0.39, 0.29) is 5.82 Å². The molecule has 0 aliphatic carbocycles. The van der Waals surface area contributed by atoms with Crippen molar-refractivity contribution >= 4 is 5.69 Å². The van der Waals surface area contributed by atoms with E-state index < -0.39 is 0 Å². The number of anilines is 1. The molecular weight excluding hydrogens is 277 g/mol. The van der Waals surface area contributed by atoms with Gasteiger partial charge in [0.15, 0.2) is 0 Å². The van der Waals surface area contributed by atoms with Crippen LogP contribution < -0.4 is 10.2 Å². The van der Waals surface area contributed by atoms with Gasteiger partial charge in [0.1, 0.15) is 5.82 Å². The molecule has 4 heteroatoms. The van der Waals surface area contributed by atoms with Gasteiger partial charge in [0.05, 0.1) is 5.69 Å². The highest BCUT2D eigenvalue weighted by atomic mass is 19.1. The Bertz CT molecular complexity index is 465. The zero-order valence-electron chi connectivity index (χ0n) is 14.4. The molecule has 2 unspecified atom stereocenters. The number of nitrogens with zero attached hydrogens (tertiary/aromatic N) is 2. The lowest BCUT2D eigenvalue weighted by atomic mass is 9.91. The number of piperidine rings is 1. The first-order valence-corrected chi connectivity index (χ1v) is 8.34. The van der Waals surface area contributed by atoms with E-state index in [9.17, 15) is 4.39 Å². The lowest BCUT2D eigenvalue weighted by Crippen LogP contribution is -2.39. The molecule has 1 N–H and O–H groups in total. The standard InChI is InChI=1S/C18H30FN3/c1-14-9-15(2)13-22(12-14)18-10-16(5-6-17(18)19)11-20-7-8-21(3)4/h5-6,10,14-15,20H,7-9,11-13H2,1-4H3. The van der Waals surface area contributed by atoms with Crippen molar-refractivity contribution in [3.8, 4) is 0 Å². The molecule has 2 atom stereocenters. The van der Waals surface area contributed by atoms with Gasteiger partial charge in [0.2, 0.25) is 0 Å². The van der Waals surface area contributed by atoms with Crippen molar-refractivity contribution in [3.05, 3.63) is 29.6 Å². The molecule has 0 bridgehead atoms. The number of hydrogen-bond acceptors (Lipinski definition) is 3. The first-order valence-electron chi connectivity index (χ1n) is 8.34. The average Bonchev–Trinajstić information content (AvgIpc) is 2.44. The lowest BCUT2D eigenvalue weighted by Gasteiger charge is -2.37. The van der Waals surface area contributed by atoms with E-state index >= 15 is 0 Å². The highest BCUT2D eigenvalue weighted by Gasteiger charge is 2.23. The molecule has 0 aromatic heterocycles. The van der Waals surface area contributed by atoms with Gasteiger partial charge in [-0.1, -0.05) is 19.9 Å². The van der Waals surface area contributed by atoms with E-state index in [2.05, 4.69) is 43.1 Å². The van der Waals surface area contributed by atoms with Gasteiger partial charge < -0.3 is 15.1 Å². The zero-order chi connectivity index (χ0) is 16.1. The summed E-state index contributed by atoms with van der Waals surface area (Å²) in [6.07, 6.45) is 1.24. The molecule has 0 radical (unpaired) electrons. The smallest absolute Gasteiger partial charge is 0.146 e. The van der Waals surface area contributed by atoms with Crippen LogP contribution in [0.5, 0.6) is 0 Å². The van der Waals surface area contributed by atoms with E-state index in [4.69, 9.17) is 0 Å². The number of rotatable bonds is 6. The molecule has 1 aromatic carbocycles. The van der Waals surface area contributed by atoms with Gasteiger partial charge in [-0.05, 0) is 50.0 Å². The highest BCUT2D eigenvalue weighted by molar-refractivity contribution is 5.50. The van der Waals surface area contributed by atoms with Gasteiger partial charge in [0.25, 0.3) is 0 Å². The Morgan fingerprint density at radius 1 is 1.23 bits per heavy atom. The van der Waals surface area contributed by atoms with Crippen LogP contribution in [-0.2, 0) is 6.54 Å². The topological polar surface area (TPSA) is 18.5 Å². The molecule has 0 saturated carbocycles. The maximum absolute atomic E-state index is 14.2. The lowest BCUT2D eigenvalue weighted by molar-refractivity contribution is 0.354. The summed E-state index contributed by atoms with van der Waals surface area (Å²) >= 11 is 0. The maximum Gasteiger partial charge on any atom is 0.146 e. The van der Waals surface area contributed by atoms with Crippen LogP contribution in [-0.4, -0.2) is 45.2 Å². The molecule has 2 rings (SSSR count). The first kappa shape index (κ1) is 17.2. The average molecular weight is 307 g/mol. The van der Waals surface area contributed by atoms with Crippen LogP contribution in [0.1, 0.15) is 25.8 Å². The highest BCUT2D eigenvalue weighted by Crippen LogP contribution is 2.28. The summed E-state index contributed by atoms with van der Waals surface area (Å²) in [5, 5.41) is 3.42. The van der Waals surface area contributed by atoms with Crippen molar-refractivity contribution in [1.29, 1.82) is 0 Å². The third-order valence-corrected chi connectivity index (χ3v) is 4.29. The molecule has 124 valence electrons. The molecule has 1 aliphatic rings. The van der Waals surface area contributed by atoms with E-state index in [0.29, 0.717) is 11.8 Å². The van der Waals surface area contributed by atoms with E-state index in [1.54, 1.807) is 6.07 Å². The van der Waals surface area contributed by atoms with Gasteiger partial charge >= 0.3 is 0 Å². The summed E-state index contributed by atoms with van der Waals surface area (Å²) in [6, 6.07) is 5.52. The van der Waals surface area contributed by atoms with Crippen molar-refractivity contribution in [2.24, 2.45) is 11.8 Å². The minimum Gasteiger partial charge on any atom is -0.369 e. The predicted molar refractivity (Wildman–Crippen MR) is 91.8 cm³/mol. The molecule has 3 nitrogen and oxygen atoms in total. The fraction of sp³-hybridized carbons (Fsp3) is 0.667. The summed E-state index contributed by atoms with van der Waals surface area (Å²) in [5.74, 6) is 1.16. The summed E-state index contributed by atoms with van der Waals surface area (Å²) in [7, 11) is 4.13. The molecule has 0 amide bonds. The van der Waals surface area contributed by atoms with Crippen LogP contribution in [0.25, 0.3) is 0 Å². The van der Waals surface area contributed by atoms with Crippen LogP contribution >= 0.6 is 0 Å². The SMILES string of the molecule is CC1CC(C)CN(c2cc(CNCCN(C)C)ccc2F)C1. The van der Waals surface area contributed by atoms with Crippen LogP contribution in [0, 0.1) is 17.7 Å². The largest absolute Gasteiger partial charge is 0.369 e. The monoisotopic (exact) mass is 307 g/mol. The zero-order valence-corrected chi connectivity index (χ0v) is 14.4. The Morgan fingerprint density at radius 3 is 2.55 bits per heavy atom. The Kier molecular flexibility index (Phi) is 6.21. The van der Waals surface area contributed by atoms with Crippen molar-refractivity contribution in [2.75, 3.05) is 45.2 Å². The summed E-state index contributed by atoms with van der Waals surface area (Å²) in [4.78, 5) is 4.37. The quantitative estimate of drug-likeness (QED) is 0.815. The normalized spacial score (nSPS) is 22.4.